The van der Waals surface area contributed by atoms with E-state index in [2.05, 4.69) is 56.5 Å². The normalized spacial score (nSPS) is 19.9. The summed E-state index contributed by atoms with van der Waals surface area (Å²) in [4.78, 5) is 38.3. The standard InChI is InChI=1S/C46H51ClN8O3/c1-30-11-9-22-49-42(30)39-15-8-16-40(43-31(2)12-10-23-50-43)55(39)24-7-6-21-48-26-35-18-17-32(28-57-35)54-46-41-37(27-51-45(41)52-29-53-46)44(56)36-20-19-34(25-38(36)47)58-33-13-4-3-5-14-33/h3-5,9-14,19-20,22-23,25,27,29,32,35,39-40,48H,6-8,15-18,21,24,26,28H2,1-2H3,(H2,51,52,53,54)/t32-,35+,39-,40+/m1/s1. The number of nitrogens with zero attached hydrogens (tertiary/aromatic N) is 5. The van der Waals surface area contributed by atoms with Gasteiger partial charge < -0.3 is 25.1 Å². The van der Waals surface area contributed by atoms with Gasteiger partial charge in [0, 0.05) is 36.8 Å². The molecule has 2 aliphatic heterocycles. The molecule has 12 heteroatoms. The number of unbranched alkanes of at least 4 members (excludes halogenated alkanes) is 1. The number of ether oxygens (including phenoxy) is 2. The molecule has 0 aliphatic carbocycles. The van der Waals surface area contributed by atoms with E-state index in [0.29, 0.717) is 63.2 Å². The van der Waals surface area contributed by atoms with Gasteiger partial charge in [-0.3, -0.25) is 19.7 Å². The molecule has 11 nitrogen and oxygen atoms in total. The van der Waals surface area contributed by atoms with Crippen molar-refractivity contribution in [2.75, 3.05) is 31.6 Å². The summed E-state index contributed by atoms with van der Waals surface area (Å²) < 4.78 is 12.2. The van der Waals surface area contributed by atoms with E-state index < -0.39 is 0 Å². The number of aromatic nitrogens is 5. The van der Waals surface area contributed by atoms with Crippen molar-refractivity contribution < 1.29 is 14.3 Å². The molecule has 2 saturated heterocycles. The highest BCUT2D eigenvalue weighted by Crippen LogP contribution is 2.42. The van der Waals surface area contributed by atoms with Gasteiger partial charge in [-0.2, -0.15) is 0 Å². The van der Waals surface area contributed by atoms with Gasteiger partial charge in [-0.25, -0.2) is 9.97 Å². The number of aromatic amines is 1. The van der Waals surface area contributed by atoms with E-state index in [4.69, 9.17) is 31.0 Å². The molecule has 0 radical (unpaired) electrons. The number of anilines is 1. The van der Waals surface area contributed by atoms with E-state index in [0.717, 1.165) is 58.2 Å². The van der Waals surface area contributed by atoms with E-state index >= 15 is 0 Å². The Kier molecular flexibility index (Phi) is 12.7. The lowest BCUT2D eigenvalue weighted by Gasteiger charge is -2.42. The molecule has 300 valence electrons. The van der Waals surface area contributed by atoms with Gasteiger partial charge in [-0.15, -0.1) is 0 Å². The number of H-pyrrole nitrogens is 1. The average Bonchev–Trinajstić information content (AvgIpc) is 3.69. The number of carbonyl (C=O) groups is 1. The molecule has 0 amide bonds. The number of piperidine rings is 1. The van der Waals surface area contributed by atoms with Crippen LogP contribution in [-0.2, 0) is 4.74 Å². The molecule has 3 N–H and O–H groups in total. The number of ketones is 1. The van der Waals surface area contributed by atoms with Crippen LogP contribution in [0.25, 0.3) is 11.0 Å². The topological polar surface area (TPSA) is 130 Å². The quantitative estimate of drug-likeness (QED) is 0.0683. The van der Waals surface area contributed by atoms with E-state index in [1.54, 1.807) is 24.4 Å². The third-order valence-electron chi connectivity index (χ3n) is 11.5. The highest BCUT2D eigenvalue weighted by Gasteiger charge is 2.35. The van der Waals surface area contributed by atoms with Gasteiger partial charge >= 0.3 is 0 Å². The molecule has 8 rings (SSSR count). The number of pyridine rings is 2. The number of benzene rings is 2. The number of halogens is 1. The second-order valence-electron chi connectivity index (χ2n) is 15.4. The first-order valence-corrected chi connectivity index (χ1v) is 20.9. The monoisotopic (exact) mass is 798 g/mol. The predicted molar refractivity (Wildman–Crippen MR) is 228 cm³/mol. The summed E-state index contributed by atoms with van der Waals surface area (Å²) in [6.45, 7) is 7.66. The van der Waals surface area contributed by atoms with Gasteiger partial charge in [0.2, 0.25) is 0 Å². The van der Waals surface area contributed by atoms with Gasteiger partial charge in [0.15, 0.2) is 5.78 Å². The molecular weight excluding hydrogens is 748 g/mol. The highest BCUT2D eigenvalue weighted by atomic mass is 35.5. The fraction of sp³-hybridized carbons (Fsp3) is 0.370. The number of likely N-dealkylation sites (tertiary alicyclic amines) is 1. The number of hydrogen-bond acceptors (Lipinski definition) is 10. The van der Waals surface area contributed by atoms with Crippen molar-refractivity contribution in [3.8, 4) is 11.5 Å². The fourth-order valence-corrected chi connectivity index (χ4v) is 8.75. The second-order valence-corrected chi connectivity index (χ2v) is 15.8. The predicted octanol–water partition coefficient (Wildman–Crippen LogP) is 9.34. The second kappa shape index (κ2) is 18.6. The van der Waals surface area contributed by atoms with E-state index in [9.17, 15) is 4.79 Å². The van der Waals surface area contributed by atoms with E-state index in [1.807, 2.05) is 54.9 Å². The highest BCUT2D eigenvalue weighted by molar-refractivity contribution is 6.35. The van der Waals surface area contributed by atoms with Crippen LogP contribution in [-0.4, -0.2) is 74.0 Å². The van der Waals surface area contributed by atoms with Crippen molar-refractivity contribution in [1.29, 1.82) is 0 Å². The zero-order valence-corrected chi connectivity index (χ0v) is 33.9. The first kappa shape index (κ1) is 39.6. The minimum atomic E-state index is -0.228. The summed E-state index contributed by atoms with van der Waals surface area (Å²) in [6, 6.07) is 23.6. The summed E-state index contributed by atoms with van der Waals surface area (Å²) in [7, 11) is 0. The number of aryl methyl sites for hydroxylation is 2. The first-order valence-electron chi connectivity index (χ1n) is 20.5. The van der Waals surface area contributed by atoms with Crippen molar-refractivity contribution in [3.05, 3.63) is 136 Å². The number of rotatable bonds is 15. The van der Waals surface area contributed by atoms with Gasteiger partial charge in [0.1, 0.15) is 29.3 Å². The molecule has 4 atom stereocenters. The molecular formula is C46H51ClN8O3. The number of carbonyl (C=O) groups excluding carboxylic acids is 1. The summed E-state index contributed by atoms with van der Waals surface area (Å²) in [5.74, 6) is 1.60. The number of fused-ring (bicyclic) bond motifs is 1. The molecule has 0 bridgehead atoms. The van der Waals surface area contributed by atoms with Gasteiger partial charge in [0.25, 0.3) is 0 Å². The Bertz CT molecular complexity index is 2260. The number of hydrogen-bond donors (Lipinski definition) is 3. The lowest BCUT2D eigenvalue weighted by molar-refractivity contribution is 0.0103. The van der Waals surface area contributed by atoms with Crippen LogP contribution in [0.2, 0.25) is 5.02 Å². The molecule has 2 aliphatic rings. The largest absolute Gasteiger partial charge is 0.457 e. The Morgan fingerprint density at radius 2 is 1.62 bits per heavy atom. The zero-order chi connectivity index (χ0) is 39.8. The van der Waals surface area contributed by atoms with Crippen LogP contribution in [0.15, 0.2) is 97.7 Å². The van der Waals surface area contributed by atoms with Crippen molar-refractivity contribution in [1.82, 2.24) is 35.1 Å². The molecule has 0 spiro atoms. The SMILES string of the molecule is Cc1cccnc1[C@H]1CCC[C@@H](c2ncccc2C)N1CCCCNC[C@@H]1CC[C@@H](Nc2ncnc3[nH]cc(C(=O)c4ccc(Oc5ccccc5)cc4Cl)c23)CO1. The van der Waals surface area contributed by atoms with Crippen LogP contribution >= 0.6 is 11.6 Å². The summed E-state index contributed by atoms with van der Waals surface area (Å²) in [6.07, 6.45) is 14.6. The lowest BCUT2D eigenvalue weighted by Crippen LogP contribution is -2.40. The summed E-state index contributed by atoms with van der Waals surface area (Å²) >= 11 is 6.64. The lowest BCUT2D eigenvalue weighted by atomic mass is 9.88. The van der Waals surface area contributed by atoms with Crippen LogP contribution in [0.1, 0.15) is 95.5 Å². The number of para-hydroxylation sites is 1. The third kappa shape index (κ3) is 9.08. The number of nitrogens with one attached hydrogen (secondary N) is 3. The van der Waals surface area contributed by atoms with Gasteiger partial charge in [0.05, 0.1) is 58.2 Å². The molecule has 0 saturated carbocycles. The Labute approximate surface area is 345 Å². The molecule has 58 heavy (non-hydrogen) atoms. The third-order valence-corrected chi connectivity index (χ3v) is 11.8. The smallest absolute Gasteiger partial charge is 0.196 e. The summed E-state index contributed by atoms with van der Waals surface area (Å²) in [5.41, 5.74) is 6.31. The van der Waals surface area contributed by atoms with Crippen molar-refractivity contribution >= 4 is 34.2 Å². The van der Waals surface area contributed by atoms with Gasteiger partial charge in [-0.05, 0) is 119 Å². The summed E-state index contributed by atoms with van der Waals surface area (Å²) in [5, 5.41) is 8.14. The van der Waals surface area contributed by atoms with Crippen LogP contribution < -0.4 is 15.4 Å². The molecule has 6 aromatic rings. The molecule has 0 unspecified atom stereocenters. The molecule has 2 fully saturated rings. The average molecular weight is 799 g/mol. The minimum absolute atomic E-state index is 0.0427. The van der Waals surface area contributed by atoms with Crippen LogP contribution in [0.5, 0.6) is 11.5 Å². The van der Waals surface area contributed by atoms with Crippen molar-refractivity contribution in [3.63, 3.8) is 0 Å². The zero-order valence-electron chi connectivity index (χ0n) is 33.2. The van der Waals surface area contributed by atoms with Crippen LogP contribution in [0.4, 0.5) is 5.82 Å². The Morgan fingerprint density at radius 3 is 2.31 bits per heavy atom. The Balaban J connectivity index is 0.825. The minimum Gasteiger partial charge on any atom is -0.457 e. The Morgan fingerprint density at radius 1 is 0.862 bits per heavy atom. The van der Waals surface area contributed by atoms with E-state index in [1.165, 1.54) is 35.3 Å². The molecule has 6 heterocycles. The van der Waals surface area contributed by atoms with Gasteiger partial charge in [-0.1, -0.05) is 41.9 Å². The van der Waals surface area contributed by atoms with E-state index in [-0.39, 0.29) is 17.9 Å². The van der Waals surface area contributed by atoms with Crippen LogP contribution in [0.3, 0.4) is 0 Å². The molecule has 2 aromatic carbocycles. The maximum Gasteiger partial charge on any atom is 0.196 e. The van der Waals surface area contributed by atoms with Crippen molar-refractivity contribution in [2.45, 2.75) is 83.0 Å². The maximum absolute atomic E-state index is 13.8. The fourth-order valence-electron chi connectivity index (χ4n) is 8.49. The van der Waals surface area contributed by atoms with Crippen molar-refractivity contribution in [2.24, 2.45) is 0 Å². The first-order chi connectivity index (χ1) is 28.4. The molecule has 4 aromatic heterocycles. The maximum atomic E-state index is 13.8. The Hall–Kier alpha value is -5.20. The van der Waals surface area contributed by atoms with Crippen LogP contribution in [0, 0.1) is 13.8 Å².